The van der Waals surface area contributed by atoms with Crippen LogP contribution in [0.25, 0.3) is 11.0 Å². The second kappa shape index (κ2) is 6.44. The molecule has 0 aliphatic heterocycles. The van der Waals surface area contributed by atoms with Crippen LogP contribution in [0, 0.1) is 0 Å². The third-order valence-electron chi connectivity index (χ3n) is 3.73. The van der Waals surface area contributed by atoms with Gasteiger partial charge in [0.15, 0.2) is 0 Å². The number of aromatic nitrogens is 2. The fourth-order valence-electron chi connectivity index (χ4n) is 2.61. The van der Waals surface area contributed by atoms with E-state index in [1.54, 1.807) is 11.0 Å². The smallest absolute Gasteiger partial charge is 0.269 e. The van der Waals surface area contributed by atoms with Crippen molar-refractivity contribution < 1.29 is 4.79 Å². The van der Waals surface area contributed by atoms with Crippen molar-refractivity contribution >= 4 is 22.6 Å². The Morgan fingerprint density at radius 2 is 1.78 bits per heavy atom. The highest BCUT2D eigenvalue weighted by Crippen LogP contribution is 2.14. The van der Waals surface area contributed by atoms with Crippen molar-refractivity contribution in [1.29, 1.82) is 0 Å². The van der Waals surface area contributed by atoms with Crippen molar-refractivity contribution in [2.75, 3.05) is 11.4 Å². The maximum absolute atomic E-state index is 12.7. The minimum absolute atomic E-state index is 0.00932. The number of anilines is 1. The Balaban J connectivity index is 1.97. The number of fused-ring (bicyclic) bond motifs is 1. The molecule has 0 aliphatic rings. The molecule has 0 radical (unpaired) electrons. The lowest BCUT2D eigenvalue weighted by atomic mass is 10.2. The molecule has 0 N–H and O–H groups in total. The van der Waals surface area contributed by atoms with Crippen LogP contribution in [-0.4, -0.2) is 22.0 Å². The summed E-state index contributed by atoms with van der Waals surface area (Å²) in [6.07, 6.45) is 1.26. The van der Waals surface area contributed by atoms with Gasteiger partial charge in [-0.3, -0.25) is 14.2 Å². The molecule has 3 aromatic rings. The maximum Gasteiger partial charge on any atom is 0.269 e. The summed E-state index contributed by atoms with van der Waals surface area (Å²) in [5, 5.41) is 0. The molecule has 1 amide bonds. The second-order valence-electron chi connectivity index (χ2n) is 5.14. The number of amides is 1. The van der Waals surface area contributed by atoms with Crippen LogP contribution in [0.5, 0.6) is 0 Å². The molecular formula is C18H17N3O2. The zero-order valence-electron chi connectivity index (χ0n) is 12.8. The minimum atomic E-state index is -0.277. The Morgan fingerprint density at radius 3 is 2.52 bits per heavy atom. The molecular weight excluding hydrogens is 290 g/mol. The van der Waals surface area contributed by atoms with Gasteiger partial charge < -0.3 is 4.90 Å². The number of carbonyl (C=O) groups is 1. The summed E-state index contributed by atoms with van der Waals surface area (Å²) in [4.78, 5) is 30.6. The highest BCUT2D eigenvalue weighted by molar-refractivity contribution is 5.93. The average molecular weight is 307 g/mol. The molecule has 0 saturated heterocycles. The molecule has 0 saturated carbocycles. The zero-order valence-corrected chi connectivity index (χ0v) is 12.8. The lowest BCUT2D eigenvalue weighted by molar-refractivity contribution is -0.119. The number of benzene rings is 2. The molecule has 0 fully saturated rings. The average Bonchev–Trinajstić information content (AvgIpc) is 2.59. The van der Waals surface area contributed by atoms with E-state index in [1.165, 1.54) is 10.8 Å². The highest BCUT2D eigenvalue weighted by atomic mass is 16.2. The van der Waals surface area contributed by atoms with Gasteiger partial charge in [0.25, 0.3) is 5.56 Å². The van der Waals surface area contributed by atoms with Crippen LogP contribution >= 0.6 is 0 Å². The SMILES string of the molecule is CCN(C(=O)Cn1c(=O)cnc2ccccc21)c1ccccc1. The van der Waals surface area contributed by atoms with Crippen LogP contribution in [0.4, 0.5) is 5.69 Å². The molecule has 5 heteroatoms. The number of nitrogens with zero attached hydrogens (tertiary/aromatic N) is 3. The van der Waals surface area contributed by atoms with Crippen molar-refractivity contribution in [2.24, 2.45) is 0 Å². The maximum atomic E-state index is 12.7. The molecule has 116 valence electrons. The second-order valence-corrected chi connectivity index (χ2v) is 5.14. The molecule has 1 aromatic heterocycles. The van der Waals surface area contributed by atoms with Gasteiger partial charge in [-0.05, 0) is 31.2 Å². The number of para-hydroxylation sites is 3. The summed E-state index contributed by atoms with van der Waals surface area (Å²) in [5.41, 5.74) is 1.91. The Hall–Kier alpha value is -2.95. The molecule has 5 nitrogen and oxygen atoms in total. The summed E-state index contributed by atoms with van der Waals surface area (Å²) >= 11 is 0. The van der Waals surface area contributed by atoms with Gasteiger partial charge in [-0.1, -0.05) is 30.3 Å². The summed E-state index contributed by atoms with van der Waals surface area (Å²) < 4.78 is 1.47. The molecule has 2 aromatic carbocycles. The van der Waals surface area contributed by atoms with Crippen LogP contribution in [-0.2, 0) is 11.3 Å². The monoisotopic (exact) mass is 307 g/mol. The Bertz CT molecular complexity index is 887. The van der Waals surface area contributed by atoms with Crippen LogP contribution in [0.1, 0.15) is 6.92 Å². The predicted molar refractivity (Wildman–Crippen MR) is 90.5 cm³/mol. The molecule has 0 aliphatic carbocycles. The van der Waals surface area contributed by atoms with Gasteiger partial charge in [-0.2, -0.15) is 0 Å². The van der Waals surface area contributed by atoms with Gasteiger partial charge in [0.1, 0.15) is 6.54 Å². The van der Waals surface area contributed by atoms with Crippen molar-refractivity contribution in [2.45, 2.75) is 13.5 Å². The number of likely N-dealkylation sites (N-methyl/N-ethyl adjacent to an activating group) is 1. The molecule has 1 heterocycles. The van der Waals surface area contributed by atoms with E-state index in [0.29, 0.717) is 17.6 Å². The predicted octanol–water partition coefficient (Wildman–Crippen LogP) is 2.45. The van der Waals surface area contributed by atoms with E-state index in [-0.39, 0.29) is 18.0 Å². The Morgan fingerprint density at radius 1 is 1.09 bits per heavy atom. The Kier molecular flexibility index (Phi) is 4.19. The van der Waals surface area contributed by atoms with E-state index in [0.717, 1.165) is 5.69 Å². The summed E-state index contributed by atoms with van der Waals surface area (Å²) in [6, 6.07) is 16.8. The van der Waals surface area contributed by atoms with Crippen molar-refractivity contribution in [3.63, 3.8) is 0 Å². The largest absolute Gasteiger partial charge is 0.311 e. The molecule has 0 unspecified atom stereocenters. The Labute approximate surface area is 133 Å². The van der Waals surface area contributed by atoms with Crippen LogP contribution < -0.4 is 10.5 Å². The van der Waals surface area contributed by atoms with Crippen LogP contribution in [0.3, 0.4) is 0 Å². The van der Waals surface area contributed by atoms with E-state index in [1.807, 2.05) is 55.5 Å². The summed E-state index contributed by atoms with van der Waals surface area (Å²) in [5.74, 6) is -0.128. The summed E-state index contributed by atoms with van der Waals surface area (Å²) in [6.45, 7) is 2.45. The van der Waals surface area contributed by atoms with E-state index in [4.69, 9.17) is 0 Å². The standard InChI is InChI=1S/C18H17N3O2/c1-2-20(14-8-4-3-5-9-14)18(23)13-21-16-11-7-6-10-15(16)19-12-17(21)22/h3-12H,2,13H2,1H3. The molecule has 0 spiro atoms. The van der Waals surface area contributed by atoms with Gasteiger partial charge >= 0.3 is 0 Å². The number of hydrogen-bond donors (Lipinski definition) is 0. The number of carbonyl (C=O) groups excluding carboxylic acids is 1. The normalized spacial score (nSPS) is 10.7. The highest BCUT2D eigenvalue weighted by Gasteiger charge is 2.16. The summed E-state index contributed by atoms with van der Waals surface area (Å²) in [7, 11) is 0. The number of hydrogen-bond acceptors (Lipinski definition) is 3. The van der Waals surface area contributed by atoms with Gasteiger partial charge in [0, 0.05) is 12.2 Å². The van der Waals surface area contributed by atoms with E-state index in [2.05, 4.69) is 4.98 Å². The molecule has 3 rings (SSSR count). The molecule has 0 atom stereocenters. The first-order chi connectivity index (χ1) is 11.2. The van der Waals surface area contributed by atoms with E-state index >= 15 is 0 Å². The van der Waals surface area contributed by atoms with E-state index in [9.17, 15) is 9.59 Å². The van der Waals surface area contributed by atoms with E-state index < -0.39 is 0 Å². The first-order valence-electron chi connectivity index (χ1n) is 7.50. The van der Waals surface area contributed by atoms with Crippen molar-refractivity contribution in [3.8, 4) is 0 Å². The zero-order chi connectivity index (χ0) is 16.2. The van der Waals surface area contributed by atoms with Gasteiger partial charge in [-0.15, -0.1) is 0 Å². The number of rotatable bonds is 4. The fraction of sp³-hybridized carbons (Fsp3) is 0.167. The van der Waals surface area contributed by atoms with Crippen molar-refractivity contribution in [1.82, 2.24) is 9.55 Å². The van der Waals surface area contributed by atoms with Crippen LogP contribution in [0.15, 0.2) is 65.6 Å². The molecule has 0 bridgehead atoms. The first kappa shape index (κ1) is 15.0. The van der Waals surface area contributed by atoms with Gasteiger partial charge in [-0.25, -0.2) is 4.98 Å². The van der Waals surface area contributed by atoms with Gasteiger partial charge in [0.05, 0.1) is 17.2 Å². The minimum Gasteiger partial charge on any atom is -0.311 e. The topological polar surface area (TPSA) is 55.2 Å². The lowest BCUT2D eigenvalue weighted by Crippen LogP contribution is -2.36. The quantitative estimate of drug-likeness (QED) is 0.744. The van der Waals surface area contributed by atoms with Crippen molar-refractivity contribution in [3.05, 3.63) is 71.1 Å². The fourth-order valence-corrected chi connectivity index (χ4v) is 2.61. The van der Waals surface area contributed by atoms with Crippen LogP contribution in [0.2, 0.25) is 0 Å². The third kappa shape index (κ3) is 2.99. The third-order valence-corrected chi connectivity index (χ3v) is 3.73. The van der Waals surface area contributed by atoms with Gasteiger partial charge in [0.2, 0.25) is 5.91 Å². The molecule has 23 heavy (non-hydrogen) atoms. The lowest BCUT2D eigenvalue weighted by Gasteiger charge is -2.21. The first-order valence-corrected chi connectivity index (χ1v) is 7.50.